The fourth-order valence-corrected chi connectivity index (χ4v) is 3.50. The summed E-state index contributed by atoms with van der Waals surface area (Å²) in [5.74, 6) is -1.18. The van der Waals surface area contributed by atoms with Crippen molar-refractivity contribution in [1.29, 1.82) is 0 Å². The molecule has 1 aromatic carbocycles. The van der Waals surface area contributed by atoms with E-state index in [0.29, 0.717) is 31.5 Å². The van der Waals surface area contributed by atoms with E-state index in [0.717, 1.165) is 6.07 Å². The van der Waals surface area contributed by atoms with Crippen LogP contribution in [0.15, 0.2) is 18.2 Å². The number of hydrogen-bond donors (Lipinski definition) is 1. The summed E-state index contributed by atoms with van der Waals surface area (Å²) in [6, 6.07) is 3.42. The lowest BCUT2D eigenvalue weighted by Gasteiger charge is -2.32. The van der Waals surface area contributed by atoms with Gasteiger partial charge in [0.15, 0.2) is 0 Å². The van der Waals surface area contributed by atoms with Gasteiger partial charge in [-0.05, 0) is 37.5 Å². The van der Waals surface area contributed by atoms with Crippen LogP contribution in [0, 0.1) is 11.6 Å². The predicted octanol–water partition coefficient (Wildman–Crippen LogP) is 2.04. The van der Waals surface area contributed by atoms with Crippen molar-refractivity contribution in [3.8, 4) is 0 Å². The van der Waals surface area contributed by atoms with E-state index in [2.05, 4.69) is 5.32 Å². The Morgan fingerprint density at radius 1 is 1.19 bits per heavy atom. The van der Waals surface area contributed by atoms with E-state index in [-0.39, 0.29) is 12.1 Å². The molecular formula is C14H20F2N2O2S. The molecule has 1 aromatic rings. The van der Waals surface area contributed by atoms with Crippen LogP contribution in [-0.4, -0.2) is 38.1 Å². The molecule has 4 nitrogen and oxygen atoms in total. The molecular weight excluding hydrogens is 298 g/mol. The number of piperidine rings is 1. The van der Waals surface area contributed by atoms with Gasteiger partial charge < -0.3 is 5.32 Å². The summed E-state index contributed by atoms with van der Waals surface area (Å²) >= 11 is 0. The van der Waals surface area contributed by atoms with E-state index in [1.54, 1.807) is 0 Å². The Morgan fingerprint density at radius 3 is 2.19 bits per heavy atom. The number of nitrogens with zero attached hydrogens (tertiary/aromatic N) is 1. The lowest BCUT2D eigenvalue weighted by atomic mass is 10.0. The van der Waals surface area contributed by atoms with Crippen molar-refractivity contribution in [2.45, 2.75) is 31.8 Å². The van der Waals surface area contributed by atoms with E-state index >= 15 is 0 Å². The highest BCUT2D eigenvalue weighted by molar-refractivity contribution is 7.88. The first kappa shape index (κ1) is 16.3. The van der Waals surface area contributed by atoms with Gasteiger partial charge in [-0.2, -0.15) is 0 Å². The predicted molar refractivity (Wildman–Crippen MR) is 77.3 cm³/mol. The van der Waals surface area contributed by atoms with Crippen LogP contribution in [0.4, 0.5) is 8.78 Å². The van der Waals surface area contributed by atoms with Gasteiger partial charge in [0.2, 0.25) is 10.0 Å². The van der Waals surface area contributed by atoms with Crippen molar-refractivity contribution in [1.82, 2.24) is 9.62 Å². The highest BCUT2D eigenvalue weighted by atomic mass is 32.2. The van der Waals surface area contributed by atoms with E-state index in [4.69, 9.17) is 0 Å². The largest absolute Gasteiger partial charge is 0.307 e. The summed E-state index contributed by atoms with van der Waals surface area (Å²) in [6.07, 6.45) is 2.59. The number of rotatable bonds is 4. The quantitative estimate of drug-likeness (QED) is 0.924. The molecule has 0 amide bonds. The minimum Gasteiger partial charge on any atom is -0.307 e. The van der Waals surface area contributed by atoms with Gasteiger partial charge in [-0.25, -0.2) is 21.5 Å². The van der Waals surface area contributed by atoms with Gasteiger partial charge in [-0.15, -0.1) is 0 Å². The van der Waals surface area contributed by atoms with Gasteiger partial charge in [0.1, 0.15) is 11.6 Å². The molecule has 21 heavy (non-hydrogen) atoms. The summed E-state index contributed by atoms with van der Waals surface area (Å²) in [5, 5.41) is 3.31. The first-order valence-corrected chi connectivity index (χ1v) is 8.77. The lowest BCUT2D eigenvalue weighted by Crippen LogP contribution is -2.45. The zero-order chi connectivity index (χ0) is 15.6. The first-order chi connectivity index (χ1) is 9.75. The molecule has 0 bridgehead atoms. The summed E-state index contributed by atoms with van der Waals surface area (Å²) in [6.45, 7) is 2.79. The molecule has 7 heteroatoms. The van der Waals surface area contributed by atoms with Gasteiger partial charge in [-0.1, -0.05) is 0 Å². The highest BCUT2D eigenvalue weighted by Gasteiger charge is 2.25. The van der Waals surface area contributed by atoms with Gasteiger partial charge >= 0.3 is 0 Å². The average molecular weight is 318 g/mol. The first-order valence-electron chi connectivity index (χ1n) is 6.93. The molecule has 1 unspecified atom stereocenters. The SMILES string of the molecule is CC(NC1CCN(S(C)(=O)=O)CC1)c1cc(F)cc(F)c1. The maximum absolute atomic E-state index is 13.2. The molecule has 1 N–H and O–H groups in total. The van der Waals surface area contributed by atoms with Crippen LogP contribution in [0.25, 0.3) is 0 Å². The van der Waals surface area contributed by atoms with Gasteiger partial charge in [0, 0.05) is 31.2 Å². The van der Waals surface area contributed by atoms with E-state index in [9.17, 15) is 17.2 Å². The molecule has 0 aliphatic carbocycles. The van der Waals surface area contributed by atoms with E-state index in [1.807, 2.05) is 6.92 Å². The van der Waals surface area contributed by atoms with Crippen molar-refractivity contribution < 1.29 is 17.2 Å². The molecule has 1 aliphatic heterocycles. The monoisotopic (exact) mass is 318 g/mol. The Bertz CT molecular complexity index is 579. The fraction of sp³-hybridized carbons (Fsp3) is 0.571. The minimum absolute atomic E-state index is 0.143. The van der Waals surface area contributed by atoms with E-state index < -0.39 is 21.7 Å². The van der Waals surface area contributed by atoms with Crippen LogP contribution < -0.4 is 5.32 Å². The fourth-order valence-electron chi connectivity index (χ4n) is 2.63. The van der Waals surface area contributed by atoms with Crippen molar-refractivity contribution in [2.24, 2.45) is 0 Å². The summed E-state index contributed by atoms with van der Waals surface area (Å²) in [4.78, 5) is 0. The van der Waals surface area contributed by atoms with Gasteiger partial charge in [0.25, 0.3) is 0 Å². The van der Waals surface area contributed by atoms with Crippen LogP contribution in [0.1, 0.15) is 31.4 Å². The Hall–Kier alpha value is -1.05. The maximum atomic E-state index is 13.2. The molecule has 0 saturated carbocycles. The number of hydrogen-bond acceptors (Lipinski definition) is 3. The summed E-state index contributed by atoms with van der Waals surface area (Å²) in [5.41, 5.74) is 0.554. The molecule has 1 atom stereocenters. The van der Waals surface area contributed by atoms with Gasteiger partial charge in [-0.3, -0.25) is 0 Å². The zero-order valence-corrected chi connectivity index (χ0v) is 13.0. The lowest BCUT2D eigenvalue weighted by molar-refractivity contribution is 0.278. The molecule has 1 saturated heterocycles. The van der Waals surface area contributed by atoms with Gasteiger partial charge in [0.05, 0.1) is 6.26 Å². The average Bonchev–Trinajstić information content (AvgIpc) is 2.37. The molecule has 1 fully saturated rings. The number of sulfonamides is 1. The molecule has 1 heterocycles. The Morgan fingerprint density at radius 2 is 1.71 bits per heavy atom. The third kappa shape index (κ3) is 4.46. The minimum atomic E-state index is -3.13. The van der Waals surface area contributed by atoms with Crippen molar-refractivity contribution in [3.63, 3.8) is 0 Å². The normalized spacial score (nSPS) is 19.6. The third-order valence-corrected chi connectivity index (χ3v) is 5.10. The smallest absolute Gasteiger partial charge is 0.211 e. The van der Waals surface area contributed by atoms with Crippen molar-refractivity contribution >= 4 is 10.0 Å². The summed E-state index contributed by atoms with van der Waals surface area (Å²) < 4.78 is 50.7. The molecule has 2 rings (SSSR count). The number of halogens is 2. The molecule has 1 aliphatic rings. The molecule has 118 valence electrons. The number of nitrogens with one attached hydrogen (secondary N) is 1. The van der Waals surface area contributed by atoms with Crippen molar-refractivity contribution in [3.05, 3.63) is 35.4 Å². The van der Waals surface area contributed by atoms with Crippen LogP contribution in [0.3, 0.4) is 0 Å². The van der Waals surface area contributed by atoms with Crippen LogP contribution >= 0.6 is 0 Å². The zero-order valence-electron chi connectivity index (χ0n) is 12.1. The third-order valence-electron chi connectivity index (χ3n) is 3.79. The Labute approximate surface area is 124 Å². The topological polar surface area (TPSA) is 49.4 Å². The molecule has 0 aromatic heterocycles. The Kier molecular flexibility index (Phi) is 4.95. The van der Waals surface area contributed by atoms with Crippen LogP contribution in [0.5, 0.6) is 0 Å². The second kappa shape index (κ2) is 6.37. The number of benzene rings is 1. The maximum Gasteiger partial charge on any atom is 0.211 e. The second-order valence-electron chi connectivity index (χ2n) is 5.53. The highest BCUT2D eigenvalue weighted by Crippen LogP contribution is 2.20. The summed E-state index contributed by atoms with van der Waals surface area (Å²) in [7, 11) is -3.13. The van der Waals surface area contributed by atoms with Crippen LogP contribution in [0.2, 0.25) is 0 Å². The molecule has 0 spiro atoms. The van der Waals surface area contributed by atoms with Crippen molar-refractivity contribution in [2.75, 3.05) is 19.3 Å². The van der Waals surface area contributed by atoms with Crippen LogP contribution in [-0.2, 0) is 10.0 Å². The second-order valence-corrected chi connectivity index (χ2v) is 7.51. The Balaban J connectivity index is 1.94. The standard InChI is InChI=1S/C14H20F2N2O2S/c1-10(11-7-12(15)9-13(16)8-11)17-14-3-5-18(6-4-14)21(2,19)20/h7-10,14,17H,3-6H2,1-2H3. The molecule has 0 radical (unpaired) electrons. The van der Waals surface area contributed by atoms with E-state index in [1.165, 1.54) is 22.7 Å².